The molecule has 0 aromatic carbocycles. The predicted molar refractivity (Wildman–Crippen MR) is 64.8 cm³/mol. The molecule has 0 spiro atoms. The molecule has 1 heterocycles. The molecule has 2 amide bonds. The number of hydrogen-bond acceptors (Lipinski definition) is 4. The van der Waals surface area contributed by atoms with Crippen LogP contribution in [-0.4, -0.2) is 41.9 Å². The number of carbonyl (C=O) groups is 2. The Morgan fingerprint density at radius 2 is 2.00 bits per heavy atom. The zero-order chi connectivity index (χ0) is 12.8. The van der Waals surface area contributed by atoms with Gasteiger partial charge < -0.3 is 5.32 Å². The maximum atomic E-state index is 11.6. The van der Waals surface area contributed by atoms with Gasteiger partial charge >= 0.3 is 0 Å². The number of rotatable bonds is 4. The first-order valence-corrected chi connectivity index (χ1v) is 6.10. The third-order valence-electron chi connectivity index (χ3n) is 3.21. The molecule has 6 heteroatoms. The van der Waals surface area contributed by atoms with Gasteiger partial charge in [0.05, 0.1) is 6.04 Å². The van der Waals surface area contributed by atoms with Gasteiger partial charge in [-0.15, -0.1) is 0 Å². The summed E-state index contributed by atoms with van der Waals surface area (Å²) in [4.78, 5) is 24.6. The van der Waals surface area contributed by atoms with Crippen molar-refractivity contribution >= 4 is 11.8 Å². The number of amides is 2. The van der Waals surface area contributed by atoms with E-state index in [1.807, 2.05) is 6.92 Å². The standard InChI is InChI=1S/C11H22N4O2/c1-3-10(11(17)14-12)15-6-4-9(5-7-15)13-8(2)16/h9-10H,3-7,12H2,1-2H3,(H,13,16)(H,14,17). The van der Waals surface area contributed by atoms with Crippen molar-refractivity contribution in [1.82, 2.24) is 15.6 Å². The summed E-state index contributed by atoms with van der Waals surface area (Å²) in [5.74, 6) is 5.04. The topological polar surface area (TPSA) is 87.5 Å². The lowest BCUT2D eigenvalue weighted by molar-refractivity contribution is -0.127. The number of nitrogens with two attached hydrogens (primary N) is 1. The molecule has 17 heavy (non-hydrogen) atoms. The Hall–Kier alpha value is -1.14. The summed E-state index contributed by atoms with van der Waals surface area (Å²) in [5.41, 5.74) is 2.21. The Balaban J connectivity index is 2.44. The minimum absolute atomic E-state index is 0.00944. The number of likely N-dealkylation sites (tertiary alicyclic amines) is 1. The molecule has 0 saturated carbocycles. The van der Waals surface area contributed by atoms with Crippen molar-refractivity contribution in [1.29, 1.82) is 0 Å². The fourth-order valence-corrected chi connectivity index (χ4v) is 2.35. The predicted octanol–water partition coefficient (Wildman–Crippen LogP) is -0.645. The Bertz CT molecular complexity index is 275. The van der Waals surface area contributed by atoms with Gasteiger partial charge in [0, 0.05) is 26.1 Å². The van der Waals surface area contributed by atoms with Gasteiger partial charge in [-0.2, -0.15) is 0 Å². The first kappa shape index (κ1) is 13.9. The van der Waals surface area contributed by atoms with Crippen LogP contribution in [0.15, 0.2) is 0 Å². The normalized spacial score (nSPS) is 19.7. The Morgan fingerprint density at radius 1 is 1.41 bits per heavy atom. The van der Waals surface area contributed by atoms with Crippen molar-refractivity contribution in [3.8, 4) is 0 Å². The molecule has 0 aliphatic carbocycles. The second kappa shape index (κ2) is 6.56. The van der Waals surface area contributed by atoms with E-state index in [9.17, 15) is 9.59 Å². The van der Waals surface area contributed by atoms with E-state index in [4.69, 9.17) is 5.84 Å². The van der Waals surface area contributed by atoms with Crippen LogP contribution in [0.5, 0.6) is 0 Å². The number of nitrogens with one attached hydrogen (secondary N) is 2. The van der Waals surface area contributed by atoms with Crippen molar-refractivity contribution < 1.29 is 9.59 Å². The molecule has 0 radical (unpaired) electrons. The zero-order valence-corrected chi connectivity index (χ0v) is 10.5. The lowest BCUT2D eigenvalue weighted by Crippen LogP contribution is -2.53. The van der Waals surface area contributed by atoms with Gasteiger partial charge in [0.2, 0.25) is 5.91 Å². The second-order valence-corrected chi connectivity index (χ2v) is 4.44. The van der Waals surface area contributed by atoms with Crippen LogP contribution in [0.1, 0.15) is 33.1 Å². The van der Waals surface area contributed by atoms with Crippen molar-refractivity contribution in [2.45, 2.75) is 45.2 Å². The highest BCUT2D eigenvalue weighted by atomic mass is 16.2. The molecular weight excluding hydrogens is 220 g/mol. The van der Waals surface area contributed by atoms with Crippen molar-refractivity contribution in [2.24, 2.45) is 5.84 Å². The first-order valence-electron chi connectivity index (χ1n) is 6.10. The Morgan fingerprint density at radius 3 is 2.41 bits per heavy atom. The number of hydrazine groups is 1. The van der Waals surface area contributed by atoms with Crippen LogP contribution in [0, 0.1) is 0 Å². The second-order valence-electron chi connectivity index (χ2n) is 4.44. The van der Waals surface area contributed by atoms with Crippen molar-refractivity contribution in [3.05, 3.63) is 0 Å². The Kier molecular flexibility index (Phi) is 5.37. The highest BCUT2D eigenvalue weighted by Crippen LogP contribution is 2.15. The molecule has 1 rings (SSSR count). The van der Waals surface area contributed by atoms with Crippen LogP contribution >= 0.6 is 0 Å². The molecule has 98 valence electrons. The lowest BCUT2D eigenvalue weighted by Gasteiger charge is -2.36. The third-order valence-corrected chi connectivity index (χ3v) is 3.21. The fourth-order valence-electron chi connectivity index (χ4n) is 2.35. The molecule has 4 N–H and O–H groups in total. The molecule has 1 aliphatic rings. The first-order chi connectivity index (χ1) is 8.08. The van der Waals surface area contributed by atoms with E-state index >= 15 is 0 Å². The highest BCUT2D eigenvalue weighted by Gasteiger charge is 2.28. The SMILES string of the molecule is CCC(C(=O)NN)N1CCC(NC(C)=O)CC1. The average Bonchev–Trinajstić information content (AvgIpc) is 2.31. The van der Waals surface area contributed by atoms with Crippen LogP contribution in [0.2, 0.25) is 0 Å². The molecule has 0 bridgehead atoms. The minimum atomic E-state index is -0.154. The summed E-state index contributed by atoms with van der Waals surface area (Å²) in [6.07, 6.45) is 2.51. The van der Waals surface area contributed by atoms with Crippen molar-refractivity contribution in [3.63, 3.8) is 0 Å². The quantitative estimate of drug-likeness (QED) is 0.347. The van der Waals surface area contributed by atoms with Crippen LogP contribution in [0.3, 0.4) is 0 Å². The average molecular weight is 242 g/mol. The molecule has 1 saturated heterocycles. The molecule has 0 aromatic rings. The largest absolute Gasteiger partial charge is 0.354 e. The Labute approximate surface area is 102 Å². The van der Waals surface area contributed by atoms with Gasteiger partial charge in [-0.05, 0) is 19.3 Å². The van der Waals surface area contributed by atoms with E-state index in [1.165, 1.54) is 6.92 Å². The summed E-state index contributed by atoms with van der Waals surface area (Å²) in [6, 6.07) is 0.0838. The molecule has 1 unspecified atom stereocenters. The van der Waals surface area contributed by atoms with Gasteiger partial charge in [0.25, 0.3) is 5.91 Å². The summed E-state index contributed by atoms with van der Waals surface area (Å²) in [6.45, 7) is 5.14. The van der Waals surface area contributed by atoms with Gasteiger partial charge in [0.1, 0.15) is 0 Å². The summed E-state index contributed by atoms with van der Waals surface area (Å²) < 4.78 is 0. The highest BCUT2D eigenvalue weighted by molar-refractivity contribution is 5.81. The van der Waals surface area contributed by atoms with Crippen LogP contribution < -0.4 is 16.6 Å². The van der Waals surface area contributed by atoms with Gasteiger partial charge in [-0.3, -0.25) is 19.9 Å². The number of nitrogens with zero attached hydrogens (tertiary/aromatic N) is 1. The summed E-state index contributed by atoms with van der Waals surface area (Å²) >= 11 is 0. The van der Waals surface area contributed by atoms with E-state index in [1.54, 1.807) is 0 Å². The molecule has 6 nitrogen and oxygen atoms in total. The number of carbonyl (C=O) groups excluding carboxylic acids is 2. The summed E-state index contributed by atoms with van der Waals surface area (Å²) in [7, 11) is 0. The maximum Gasteiger partial charge on any atom is 0.251 e. The summed E-state index contributed by atoms with van der Waals surface area (Å²) in [5, 5.41) is 2.91. The number of piperidine rings is 1. The van der Waals surface area contributed by atoms with Crippen LogP contribution in [0.4, 0.5) is 0 Å². The fraction of sp³-hybridized carbons (Fsp3) is 0.818. The van der Waals surface area contributed by atoms with E-state index in [-0.39, 0.29) is 23.9 Å². The zero-order valence-electron chi connectivity index (χ0n) is 10.5. The van der Waals surface area contributed by atoms with Crippen LogP contribution in [-0.2, 0) is 9.59 Å². The molecule has 1 fully saturated rings. The molecular formula is C11H22N4O2. The van der Waals surface area contributed by atoms with Crippen LogP contribution in [0.25, 0.3) is 0 Å². The van der Waals surface area contributed by atoms with E-state index in [2.05, 4.69) is 15.6 Å². The molecule has 0 aromatic heterocycles. The number of hydrogen-bond donors (Lipinski definition) is 3. The molecule has 1 aliphatic heterocycles. The molecule has 1 atom stereocenters. The lowest BCUT2D eigenvalue weighted by atomic mass is 10.0. The van der Waals surface area contributed by atoms with E-state index in [0.29, 0.717) is 0 Å². The van der Waals surface area contributed by atoms with Gasteiger partial charge in [-0.1, -0.05) is 6.92 Å². The van der Waals surface area contributed by atoms with Crippen molar-refractivity contribution in [2.75, 3.05) is 13.1 Å². The third kappa shape index (κ3) is 3.98. The minimum Gasteiger partial charge on any atom is -0.354 e. The van der Waals surface area contributed by atoms with Gasteiger partial charge in [0.15, 0.2) is 0 Å². The monoisotopic (exact) mass is 242 g/mol. The maximum absolute atomic E-state index is 11.6. The smallest absolute Gasteiger partial charge is 0.251 e. The van der Waals surface area contributed by atoms with E-state index < -0.39 is 0 Å². The van der Waals surface area contributed by atoms with E-state index in [0.717, 1.165) is 32.4 Å². The van der Waals surface area contributed by atoms with Gasteiger partial charge in [-0.25, -0.2) is 5.84 Å².